The van der Waals surface area contributed by atoms with Crippen molar-refractivity contribution in [1.82, 2.24) is 4.98 Å². The zero-order chi connectivity index (χ0) is 20.4. The first kappa shape index (κ1) is 21.4. The highest BCUT2D eigenvalue weighted by atomic mass is 35.5. The van der Waals surface area contributed by atoms with Crippen molar-refractivity contribution in [3.05, 3.63) is 56.5 Å². The number of hydrogen-bond acceptors (Lipinski definition) is 7. The van der Waals surface area contributed by atoms with E-state index in [0.717, 1.165) is 21.0 Å². The first-order chi connectivity index (χ1) is 13.3. The summed E-state index contributed by atoms with van der Waals surface area (Å²) in [6.45, 7) is 3.55. The SMILES string of the molecule is C/C=C(\C)c1cnc(Cc2cc(C3OC(CO)C(O)C(O)C3O)ccc2Cl)s1. The summed E-state index contributed by atoms with van der Waals surface area (Å²) in [5.74, 6) is 0. The first-order valence-corrected chi connectivity index (χ1v) is 10.2. The van der Waals surface area contributed by atoms with Gasteiger partial charge in [-0.2, -0.15) is 0 Å². The molecule has 3 rings (SSSR count). The van der Waals surface area contributed by atoms with Crippen molar-refractivity contribution < 1.29 is 25.2 Å². The highest BCUT2D eigenvalue weighted by Gasteiger charge is 2.44. The maximum absolute atomic E-state index is 10.3. The van der Waals surface area contributed by atoms with E-state index in [2.05, 4.69) is 4.98 Å². The number of thiazole rings is 1. The molecule has 5 unspecified atom stereocenters. The maximum Gasteiger partial charge on any atom is 0.113 e. The van der Waals surface area contributed by atoms with Gasteiger partial charge in [0.05, 0.1) is 11.6 Å². The van der Waals surface area contributed by atoms with Gasteiger partial charge in [0.15, 0.2) is 0 Å². The summed E-state index contributed by atoms with van der Waals surface area (Å²) in [5, 5.41) is 41.2. The Bertz CT molecular complexity index is 853. The van der Waals surface area contributed by atoms with Crippen LogP contribution < -0.4 is 0 Å². The Morgan fingerprint density at radius 2 is 2.00 bits per heavy atom. The number of halogens is 1. The van der Waals surface area contributed by atoms with Gasteiger partial charge in [-0.1, -0.05) is 29.8 Å². The molecule has 0 aliphatic carbocycles. The van der Waals surface area contributed by atoms with Crippen LogP contribution in [0.3, 0.4) is 0 Å². The highest BCUT2D eigenvalue weighted by molar-refractivity contribution is 7.12. The van der Waals surface area contributed by atoms with Crippen molar-refractivity contribution in [2.75, 3.05) is 6.61 Å². The van der Waals surface area contributed by atoms with Gasteiger partial charge in [0.2, 0.25) is 0 Å². The van der Waals surface area contributed by atoms with E-state index in [-0.39, 0.29) is 0 Å². The molecule has 1 saturated heterocycles. The fraction of sp³-hybridized carbons (Fsp3) is 0.450. The maximum atomic E-state index is 10.3. The summed E-state index contributed by atoms with van der Waals surface area (Å²) in [4.78, 5) is 5.55. The summed E-state index contributed by atoms with van der Waals surface area (Å²) in [7, 11) is 0. The summed E-state index contributed by atoms with van der Waals surface area (Å²) < 4.78 is 5.64. The Morgan fingerprint density at radius 1 is 1.25 bits per heavy atom. The smallest absolute Gasteiger partial charge is 0.113 e. The van der Waals surface area contributed by atoms with Gasteiger partial charge in [0.1, 0.15) is 30.5 Å². The number of rotatable bonds is 5. The fourth-order valence-corrected chi connectivity index (χ4v) is 4.32. The molecular formula is C20H24ClNO5S. The molecule has 2 aromatic rings. The number of ether oxygens (including phenoxy) is 1. The normalized spacial score (nSPS) is 28.5. The van der Waals surface area contributed by atoms with Gasteiger partial charge in [0.25, 0.3) is 0 Å². The lowest BCUT2D eigenvalue weighted by Gasteiger charge is -2.40. The molecule has 0 saturated carbocycles. The third kappa shape index (κ3) is 4.31. The lowest BCUT2D eigenvalue weighted by molar-refractivity contribution is -0.231. The minimum Gasteiger partial charge on any atom is -0.394 e. The van der Waals surface area contributed by atoms with E-state index < -0.39 is 37.1 Å². The molecule has 5 atom stereocenters. The number of nitrogens with zero attached hydrogens (tertiary/aromatic N) is 1. The molecule has 1 fully saturated rings. The minimum atomic E-state index is -1.42. The average Bonchev–Trinajstić information content (AvgIpc) is 3.16. The first-order valence-electron chi connectivity index (χ1n) is 9.02. The van der Waals surface area contributed by atoms with E-state index in [1.54, 1.807) is 29.5 Å². The molecule has 6 nitrogen and oxygen atoms in total. The van der Waals surface area contributed by atoms with Crippen LogP contribution in [-0.2, 0) is 11.2 Å². The van der Waals surface area contributed by atoms with Crippen LogP contribution in [0.4, 0.5) is 0 Å². The van der Waals surface area contributed by atoms with Gasteiger partial charge in [-0.05, 0) is 36.6 Å². The largest absolute Gasteiger partial charge is 0.394 e. The summed E-state index contributed by atoms with van der Waals surface area (Å²) in [6.07, 6.45) is -1.57. The third-order valence-electron chi connectivity index (χ3n) is 5.01. The van der Waals surface area contributed by atoms with Crippen LogP contribution in [0.5, 0.6) is 0 Å². The monoisotopic (exact) mass is 425 g/mol. The van der Waals surface area contributed by atoms with Crippen LogP contribution in [0.2, 0.25) is 5.02 Å². The molecule has 0 spiro atoms. The van der Waals surface area contributed by atoms with Crippen molar-refractivity contribution in [3.8, 4) is 0 Å². The zero-order valence-electron chi connectivity index (χ0n) is 15.6. The van der Waals surface area contributed by atoms with Crippen molar-refractivity contribution in [2.45, 2.75) is 50.8 Å². The number of aromatic nitrogens is 1. The van der Waals surface area contributed by atoms with Gasteiger partial charge < -0.3 is 25.2 Å². The second-order valence-corrected chi connectivity index (χ2v) is 8.39. The summed E-state index contributed by atoms with van der Waals surface area (Å²) in [5.41, 5.74) is 2.58. The van der Waals surface area contributed by atoms with Crippen molar-refractivity contribution in [1.29, 1.82) is 0 Å². The molecule has 8 heteroatoms. The van der Waals surface area contributed by atoms with E-state index in [9.17, 15) is 20.4 Å². The number of aliphatic hydroxyl groups excluding tert-OH is 4. The molecule has 2 heterocycles. The molecule has 1 aliphatic heterocycles. The van der Waals surface area contributed by atoms with Gasteiger partial charge in [-0.15, -0.1) is 11.3 Å². The van der Waals surface area contributed by atoms with Crippen LogP contribution in [0.25, 0.3) is 5.57 Å². The molecule has 0 amide bonds. The molecule has 152 valence electrons. The number of aliphatic hydroxyl groups is 4. The van der Waals surface area contributed by atoms with Gasteiger partial charge in [-0.3, -0.25) is 0 Å². The second kappa shape index (κ2) is 9.00. The molecule has 1 aromatic carbocycles. The third-order valence-corrected chi connectivity index (χ3v) is 6.51. The Kier molecular flexibility index (Phi) is 6.88. The molecule has 0 radical (unpaired) electrons. The van der Waals surface area contributed by atoms with Gasteiger partial charge >= 0.3 is 0 Å². The number of allylic oxidation sites excluding steroid dienone is 2. The fourth-order valence-electron chi connectivity index (χ4n) is 3.16. The predicted octanol–water partition coefficient (Wildman–Crippen LogP) is 2.33. The molecule has 0 bridgehead atoms. The Morgan fingerprint density at radius 3 is 2.68 bits per heavy atom. The zero-order valence-corrected chi connectivity index (χ0v) is 17.2. The predicted molar refractivity (Wildman–Crippen MR) is 108 cm³/mol. The molecule has 4 N–H and O–H groups in total. The van der Waals surface area contributed by atoms with Gasteiger partial charge in [-0.25, -0.2) is 4.98 Å². The quantitative estimate of drug-likeness (QED) is 0.586. The van der Waals surface area contributed by atoms with Crippen molar-refractivity contribution in [3.63, 3.8) is 0 Å². The molecular weight excluding hydrogens is 402 g/mol. The van der Waals surface area contributed by atoms with E-state index in [1.165, 1.54) is 0 Å². The average molecular weight is 426 g/mol. The summed E-state index contributed by atoms with van der Waals surface area (Å²) >= 11 is 7.95. The lowest BCUT2D eigenvalue weighted by atomic mass is 9.90. The van der Waals surface area contributed by atoms with Gasteiger partial charge in [0, 0.05) is 22.5 Å². The van der Waals surface area contributed by atoms with Crippen molar-refractivity contribution >= 4 is 28.5 Å². The van der Waals surface area contributed by atoms with Crippen LogP contribution in [0.1, 0.15) is 41.0 Å². The van der Waals surface area contributed by atoms with E-state index >= 15 is 0 Å². The highest BCUT2D eigenvalue weighted by Crippen LogP contribution is 2.35. The van der Waals surface area contributed by atoms with Crippen LogP contribution in [0.15, 0.2) is 30.5 Å². The number of benzene rings is 1. The Labute approximate surface area is 172 Å². The van der Waals surface area contributed by atoms with Crippen LogP contribution in [-0.4, -0.2) is 56.4 Å². The van der Waals surface area contributed by atoms with Crippen LogP contribution in [0, 0.1) is 0 Å². The molecule has 1 aliphatic rings. The molecule has 1 aromatic heterocycles. The van der Waals surface area contributed by atoms with Crippen LogP contribution >= 0.6 is 22.9 Å². The van der Waals surface area contributed by atoms with E-state index in [1.807, 2.05) is 26.1 Å². The lowest BCUT2D eigenvalue weighted by Crippen LogP contribution is -2.55. The standard InChI is InChI=1S/C20H24ClNO5S/c1-3-10(2)15-8-22-16(28-15)7-12-6-11(4-5-13(12)21)20-19(26)18(25)17(24)14(9-23)27-20/h3-6,8,14,17-20,23-26H,7,9H2,1-2H3/b10-3+. The second-order valence-electron chi connectivity index (χ2n) is 6.87. The van der Waals surface area contributed by atoms with E-state index in [0.29, 0.717) is 17.0 Å². The Hall–Kier alpha value is -1.32. The van der Waals surface area contributed by atoms with E-state index in [4.69, 9.17) is 16.3 Å². The topological polar surface area (TPSA) is 103 Å². The Balaban J connectivity index is 1.86. The number of hydrogen-bond donors (Lipinski definition) is 4. The summed E-state index contributed by atoms with van der Waals surface area (Å²) in [6, 6.07) is 5.22. The minimum absolute atomic E-state index is 0.464. The molecule has 28 heavy (non-hydrogen) atoms. The van der Waals surface area contributed by atoms with Crippen molar-refractivity contribution in [2.24, 2.45) is 0 Å².